The number of thiophene rings is 2. The Morgan fingerprint density at radius 3 is 1.70 bits per heavy atom. The second-order valence-electron chi connectivity index (χ2n) is 17.0. The van der Waals surface area contributed by atoms with Gasteiger partial charge in [-0.1, -0.05) is 36.4 Å². The van der Waals surface area contributed by atoms with Crippen molar-refractivity contribution in [1.29, 1.82) is 0 Å². The average Bonchev–Trinajstić information content (AvgIpc) is 4.02. The number of fused-ring (bicyclic) bond motifs is 4. The first kappa shape index (κ1) is 45.9. The van der Waals surface area contributed by atoms with Crippen molar-refractivity contribution >= 4 is 89.8 Å². The molecule has 4 aliphatic rings. The van der Waals surface area contributed by atoms with E-state index in [0.717, 1.165) is 128 Å². The van der Waals surface area contributed by atoms with E-state index in [2.05, 4.69) is 91.0 Å². The predicted octanol–water partition coefficient (Wildman–Crippen LogP) is 9.93. The zero-order valence-corrected chi connectivity index (χ0v) is 39.4. The summed E-state index contributed by atoms with van der Waals surface area (Å²) in [5, 5.41) is 8.66. The lowest BCUT2D eigenvalue weighted by molar-refractivity contribution is -0.126. The molecule has 0 saturated carbocycles. The number of hydrogen-bond acceptors (Lipinski definition) is 10. The van der Waals surface area contributed by atoms with Gasteiger partial charge >= 0.3 is 0 Å². The third-order valence-electron chi connectivity index (χ3n) is 13.0. The van der Waals surface area contributed by atoms with Crippen LogP contribution in [0.3, 0.4) is 0 Å². The Kier molecular flexibility index (Phi) is 15.8. The third kappa shape index (κ3) is 10.9. The van der Waals surface area contributed by atoms with E-state index in [1.165, 1.54) is 47.7 Å². The van der Waals surface area contributed by atoms with E-state index in [1.807, 2.05) is 60.1 Å². The van der Waals surface area contributed by atoms with Crippen molar-refractivity contribution in [3.63, 3.8) is 0 Å². The quantitative estimate of drug-likeness (QED) is 0.100. The molecular formula is C51H61ClN6O4S2. The smallest absolute Gasteiger partial charge is 0.251 e. The van der Waals surface area contributed by atoms with Crippen molar-refractivity contribution in [2.24, 2.45) is 0 Å². The van der Waals surface area contributed by atoms with Crippen molar-refractivity contribution in [3.05, 3.63) is 113 Å². The molecule has 0 radical (unpaired) electrons. The molecule has 0 bridgehead atoms. The highest BCUT2D eigenvalue weighted by Crippen LogP contribution is 2.34. The normalized spacial score (nSPS) is 17.0. The number of hydroxylamine groups is 1. The van der Waals surface area contributed by atoms with Gasteiger partial charge in [-0.15, -0.1) is 35.1 Å². The number of piperazine rings is 2. The van der Waals surface area contributed by atoms with Gasteiger partial charge in [-0.05, 0) is 122 Å². The monoisotopic (exact) mass is 920 g/mol. The maximum Gasteiger partial charge on any atom is 0.251 e. The molecule has 0 atom stereocenters. The van der Waals surface area contributed by atoms with Gasteiger partial charge in [0.2, 0.25) is 5.91 Å². The Hall–Kier alpha value is -4.69. The number of rotatable bonds is 14. The number of amides is 2. The van der Waals surface area contributed by atoms with Gasteiger partial charge < -0.3 is 19.4 Å². The number of hydrogen-bond donors (Lipinski definition) is 0. The highest BCUT2D eigenvalue weighted by molar-refractivity contribution is 7.17. The first-order valence-corrected chi connectivity index (χ1v) is 24.7. The van der Waals surface area contributed by atoms with Gasteiger partial charge in [0.15, 0.2) is 0 Å². The number of aryl methyl sites for hydroxylation is 2. The molecule has 0 spiro atoms. The number of para-hydroxylation sites is 1. The zero-order chi connectivity index (χ0) is 43.0. The highest BCUT2D eigenvalue weighted by Gasteiger charge is 2.26. The first-order chi connectivity index (χ1) is 31.0. The standard InChI is InChI=1S/C26H31N3O2S.C25H29N3O2S.ClH/c1-27-24-19-21(9-7-20(24)8-10-26(27)30)31-17-3-2-12-28-13-15-29(16-14-28)23-5-4-6-25-22(23)11-18-32-25;29-25-11-10-20-6-1-2-7-22(20)28(25)30-18-4-3-13-26-14-16-27(17-15-26)23-8-5-9-24-21(23)12-19-31-24;/h4-7,9,11,18-19H,2-3,8,10,12-17H2,1H3;1-2,5-9,12,19H,3-4,10-11,13-18H2;1H. The van der Waals surface area contributed by atoms with E-state index in [4.69, 9.17) is 9.57 Å². The van der Waals surface area contributed by atoms with Gasteiger partial charge in [-0.25, -0.2) is 0 Å². The van der Waals surface area contributed by atoms with E-state index in [0.29, 0.717) is 19.4 Å². The van der Waals surface area contributed by atoms with Crippen LogP contribution in [0.4, 0.5) is 22.7 Å². The topological polar surface area (TPSA) is 72.0 Å². The summed E-state index contributed by atoms with van der Waals surface area (Å²) in [7, 11) is 1.85. The fraction of sp³-hybridized carbons (Fsp3) is 0.412. The zero-order valence-electron chi connectivity index (χ0n) is 37.0. The van der Waals surface area contributed by atoms with E-state index in [-0.39, 0.29) is 24.2 Å². The lowest BCUT2D eigenvalue weighted by Gasteiger charge is -2.36. The van der Waals surface area contributed by atoms with E-state index >= 15 is 0 Å². The summed E-state index contributed by atoms with van der Waals surface area (Å²) in [4.78, 5) is 42.0. The molecule has 6 aromatic rings. The summed E-state index contributed by atoms with van der Waals surface area (Å²) in [5.74, 6) is 1.11. The van der Waals surface area contributed by atoms with Crippen molar-refractivity contribution in [1.82, 2.24) is 9.80 Å². The van der Waals surface area contributed by atoms with Gasteiger partial charge in [0.1, 0.15) is 5.75 Å². The molecule has 2 fully saturated rings. The second-order valence-corrected chi connectivity index (χ2v) is 18.9. The highest BCUT2D eigenvalue weighted by atomic mass is 35.5. The molecule has 0 N–H and O–H groups in total. The maximum atomic E-state index is 12.3. The number of halogens is 1. The minimum absolute atomic E-state index is 0. The summed E-state index contributed by atoms with van der Waals surface area (Å²) in [6.07, 6.45) is 6.99. The molecule has 10 nitrogen and oxygen atoms in total. The summed E-state index contributed by atoms with van der Waals surface area (Å²) in [6, 6.07) is 32.0. The van der Waals surface area contributed by atoms with Crippen LogP contribution >= 0.6 is 35.1 Å². The Morgan fingerprint density at radius 1 is 0.531 bits per heavy atom. The Balaban J connectivity index is 0.000000172. The molecule has 6 heterocycles. The number of anilines is 4. The second kappa shape index (κ2) is 22.0. The van der Waals surface area contributed by atoms with E-state index in [9.17, 15) is 9.59 Å². The number of carbonyl (C=O) groups is 2. The Labute approximate surface area is 392 Å². The van der Waals surface area contributed by atoms with Crippen LogP contribution in [0.5, 0.6) is 5.75 Å². The number of unbranched alkanes of at least 4 members (excludes halogenated alkanes) is 2. The lowest BCUT2D eigenvalue weighted by Crippen LogP contribution is -2.46. The minimum Gasteiger partial charge on any atom is -0.494 e. The van der Waals surface area contributed by atoms with Gasteiger partial charge in [0, 0.05) is 110 Å². The van der Waals surface area contributed by atoms with Gasteiger partial charge in [0.25, 0.3) is 5.91 Å². The third-order valence-corrected chi connectivity index (χ3v) is 14.8. The molecule has 4 aliphatic heterocycles. The molecule has 0 unspecified atom stereocenters. The van der Waals surface area contributed by atoms with Crippen LogP contribution in [0.15, 0.2) is 102 Å². The lowest BCUT2D eigenvalue weighted by atomic mass is 10.0. The fourth-order valence-electron chi connectivity index (χ4n) is 9.39. The predicted molar refractivity (Wildman–Crippen MR) is 269 cm³/mol. The fourth-order valence-corrected chi connectivity index (χ4v) is 11.0. The van der Waals surface area contributed by atoms with Crippen LogP contribution in [0, 0.1) is 0 Å². The Morgan fingerprint density at radius 2 is 1.08 bits per heavy atom. The first-order valence-electron chi connectivity index (χ1n) is 22.9. The number of ether oxygens (including phenoxy) is 1. The molecule has 0 aliphatic carbocycles. The number of nitrogens with zero attached hydrogens (tertiary/aromatic N) is 6. The van der Waals surface area contributed by atoms with Crippen LogP contribution in [-0.2, 0) is 27.3 Å². The van der Waals surface area contributed by atoms with Crippen LogP contribution < -0.4 is 24.5 Å². The van der Waals surface area contributed by atoms with Crippen molar-refractivity contribution < 1.29 is 19.2 Å². The number of benzene rings is 4. The van der Waals surface area contributed by atoms with Crippen molar-refractivity contribution in [2.45, 2.75) is 51.4 Å². The molecule has 4 aromatic carbocycles. The average molecular weight is 922 g/mol. The molecule has 2 aromatic heterocycles. The Bertz CT molecular complexity index is 2480. The minimum atomic E-state index is 0. The van der Waals surface area contributed by atoms with Crippen LogP contribution in [0.25, 0.3) is 20.2 Å². The summed E-state index contributed by atoms with van der Waals surface area (Å²) < 4.78 is 8.74. The van der Waals surface area contributed by atoms with Crippen molar-refractivity contribution in [3.8, 4) is 5.75 Å². The molecule has 13 heteroatoms. The maximum absolute atomic E-state index is 12.3. The molecule has 2 amide bonds. The largest absolute Gasteiger partial charge is 0.494 e. The number of carbonyl (C=O) groups excluding carboxylic acids is 2. The van der Waals surface area contributed by atoms with Gasteiger partial charge in [-0.3, -0.25) is 24.2 Å². The van der Waals surface area contributed by atoms with Gasteiger partial charge in [-0.2, -0.15) is 5.06 Å². The van der Waals surface area contributed by atoms with Crippen LogP contribution in [-0.4, -0.2) is 107 Å². The molecule has 10 rings (SSSR count). The summed E-state index contributed by atoms with van der Waals surface area (Å²) >= 11 is 3.64. The van der Waals surface area contributed by atoms with Crippen LogP contribution in [0.1, 0.15) is 49.7 Å². The van der Waals surface area contributed by atoms with Gasteiger partial charge in [0.05, 0.1) is 24.6 Å². The van der Waals surface area contributed by atoms with E-state index in [1.54, 1.807) is 4.90 Å². The summed E-state index contributed by atoms with van der Waals surface area (Å²) in [5.41, 5.74) is 7.09. The van der Waals surface area contributed by atoms with Crippen LogP contribution in [0.2, 0.25) is 0 Å². The van der Waals surface area contributed by atoms with Crippen molar-refractivity contribution in [2.75, 3.05) is 105 Å². The van der Waals surface area contributed by atoms with E-state index < -0.39 is 0 Å². The summed E-state index contributed by atoms with van der Waals surface area (Å²) in [6.45, 7) is 12.3. The molecule has 64 heavy (non-hydrogen) atoms. The molecule has 338 valence electrons. The molecular weight excluding hydrogens is 860 g/mol. The molecule has 2 saturated heterocycles. The SMILES string of the molecule is CN1C(=O)CCc2ccc(OCCCCN3CCN(c4cccc5sccc45)CC3)cc21.Cl.O=C1CCc2ccccc2N1OCCCCN1CCN(c2cccc3sccc23)CC1.